The van der Waals surface area contributed by atoms with Gasteiger partial charge in [-0.15, -0.1) is 0 Å². The van der Waals surface area contributed by atoms with Gasteiger partial charge in [0, 0.05) is 12.6 Å². The van der Waals surface area contributed by atoms with Crippen LogP contribution in [0.1, 0.15) is 26.7 Å². The minimum absolute atomic E-state index is 0.0379. The topological polar surface area (TPSA) is 86.6 Å². The maximum atomic E-state index is 11.3. The molecule has 0 aromatic rings. The fourth-order valence-corrected chi connectivity index (χ4v) is 4.07. The summed E-state index contributed by atoms with van der Waals surface area (Å²) in [6, 6.07) is -0.441. The zero-order chi connectivity index (χ0) is 13.1. The van der Waals surface area contributed by atoms with Gasteiger partial charge in [0.25, 0.3) is 0 Å². The van der Waals surface area contributed by atoms with Crippen molar-refractivity contribution >= 4 is 9.84 Å². The molecule has 0 spiro atoms. The van der Waals surface area contributed by atoms with Crippen molar-refractivity contribution in [3.05, 3.63) is 0 Å². The van der Waals surface area contributed by atoms with E-state index in [0.29, 0.717) is 6.54 Å². The van der Waals surface area contributed by atoms with Crippen molar-refractivity contribution in [2.45, 2.75) is 44.9 Å². The van der Waals surface area contributed by atoms with Gasteiger partial charge in [-0.05, 0) is 5.92 Å². The SMILES string of the molecule is CCC(CC)C(O)CNC1CS(=O)(=O)CC1O. The van der Waals surface area contributed by atoms with E-state index in [1.165, 1.54) is 0 Å². The Labute approximate surface area is 103 Å². The molecular weight excluding hydrogens is 242 g/mol. The maximum Gasteiger partial charge on any atom is 0.154 e. The highest BCUT2D eigenvalue weighted by Crippen LogP contribution is 2.15. The number of rotatable bonds is 6. The van der Waals surface area contributed by atoms with E-state index in [4.69, 9.17) is 0 Å². The molecule has 0 aliphatic carbocycles. The molecule has 0 radical (unpaired) electrons. The average Bonchev–Trinajstić information content (AvgIpc) is 2.50. The molecule has 1 heterocycles. The van der Waals surface area contributed by atoms with E-state index in [1.54, 1.807) is 0 Å². The van der Waals surface area contributed by atoms with Gasteiger partial charge in [-0.25, -0.2) is 8.42 Å². The smallest absolute Gasteiger partial charge is 0.154 e. The van der Waals surface area contributed by atoms with Crippen LogP contribution in [0.25, 0.3) is 0 Å². The van der Waals surface area contributed by atoms with Crippen molar-refractivity contribution in [2.24, 2.45) is 5.92 Å². The van der Waals surface area contributed by atoms with Crippen LogP contribution in [0.3, 0.4) is 0 Å². The monoisotopic (exact) mass is 265 g/mol. The molecule has 3 unspecified atom stereocenters. The Morgan fingerprint density at radius 2 is 1.88 bits per heavy atom. The van der Waals surface area contributed by atoms with Crippen molar-refractivity contribution in [3.8, 4) is 0 Å². The Morgan fingerprint density at radius 1 is 1.29 bits per heavy atom. The molecule has 102 valence electrons. The molecule has 3 atom stereocenters. The molecule has 0 saturated carbocycles. The van der Waals surface area contributed by atoms with Crippen molar-refractivity contribution in [3.63, 3.8) is 0 Å². The van der Waals surface area contributed by atoms with Crippen LogP contribution in [0.2, 0.25) is 0 Å². The zero-order valence-electron chi connectivity index (χ0n) is 10.5. The molecule has 0 aromatic carbocycles. The van der Waals surface area contributed by atoms with Crippen LogP contribution < -0.4 is 5.32 Å². The summed E-state index contributed by atoms with van der Waals surface area (Å²) >= 11 is 0. The van der Waals surface area contributed by atoms with E-state index in [1.807, 2.05) is 13.8 Å². The van der Waals surface area contributed by atoms with Gasteiger partial charge in [0.15, 0.2) is 9.84 Å². The summed E-state index contributed by atoms with van der Waals surface area (Å²) in [6.45, 7) is 4.38. The highest BCUT2D eigenvalue weighted by Gasteiger charge is 2.36. The molecule has 1 fully saturated rings. The Hall–Kier alpha value is -0.170. The van der Waals surface area contributed by atoms with Crippen LogP contribution in [0.5, 0.6) is 0 Å². The second kappa shape index (κ2) is 6.13. The van der Waals surface area contributed by atoms with Gasteiger partial charge in [-0.3, -0.25) is 0 Å². The Balaban J connectivity index is 2.41. The number of hydrogen-bond donors (Lipinski definition) is 3. The minimum Gasteiger partial charge on any atom is -0.392 e. The number of hydrogen-bond acceptors (Lipinski definition) is 5. The maximum absolute atomic E-state index is 11.3. The van der Waals surface area contributed by atoms with Crippen molar-refractivity contribution < 1.29 is 18.6 Å². The lowest BCUT2D eigenvalue weighted by Gasteiger charge is -2.23. The lowest BCUT2D eigenvalue weighted by Crippen LogP contribution is -2.44. The predicted octanol–water partition coefficient (Wildman–Crippen LogP) is -0.469. The molecule has 0 bridgehead atoms. The van der Waals surface area contributed by atoms with E-state index >= 15 is 0 Å². The molecule has 0 aromatic heterocycles. The van der Waals surface area contributed by atoms with Gasteiger partial charge in [0.2, 0.25) is 0 Å². The highest BCUT2D eigenvalue weighted by atomic mass is 32.2. The molecule has 3 N–H and O–H groups in total. The van der Waals surface area contributed by atoms with E-state index in [9.17, 15) is 18.6 Å². The van der Waals surface area contributed by atoms with Gasteiger partial charge in [0.1, 0.15) is 0 Å². The molecule has 1 rings (SSSR count). The molecule has 6 heteroatoms. The van der Waals surface area contributed by atoms with Crippen LogP contribution in [-0.2, 0) is 9.84 Å². The molecule has 1 saturated heterocycles. The first kappa shape index (κ1) is 14.9. The van der Waals surface area contributed by atoms with Crippen LogP contribution >= 0.6 is 0 Å². The first-order valence-electron chi connectivity index (χ1n) is 6.19. The summed E-state index contributed by atoms with van der Waals surface area (Å²) in [5.74, 6) is 0.00730. The van der Waals surface area contributed by atoms with Crippen molar-refractivity contribution in [1.29, 1.82) is 0 Å². The minimum atomic E-state index is -3.12. The van der Waals surface area contributed by atoms with Gasteiger partial charge < -0.3 is 15.5 Å². The molecular formula is C11H23NO4S. The number of aliphatic hydroxyl groups is 2. The fourth-order valence-electron chi connectivity index (χ4n) is 2.30. The molecule has 0 amide bonds. The first-order chi connectivity index (χ1) is 7.89. The number of aliphatic hydroxyl groups excluding tert-OH is 2. The van der Waals surface area contributed by atoms with Crippen LogP contribution in [-0.4, -0.2) is 54.9 Å². The van der Waals surface area contributed by atoms with Crippen LogP contribution in [0.4, 0.5) is 0 Å². The summed E-state index contributed by atoms with van der Waals surface area (Å²) in [7, 11) is -3.12. The van der Waals surface area contributed by atoms with Crippen LogP contribution in [0, 0.1) is 5.92 Å². The predicted molar refractivity (Wildman–Crippen MR) is 66.5 cm³/mol. The van der Waals surface area contributed by atoms with Crippen molar-refractivity contribution in [1.82, 2.24) is 5.32 Å². The lowest BCUT2D eigenvalue weighted by atomic mass is 9.96. The van der Waals surface area contributed by atoms with Gasteiger partial charge in [0.05, 0.1) is 23.7 Å². The molecule has 17 heavy (non-hydrogen) atoms. The summed E-state index contributed by atoms with van der Waals surface area (Å²) < 4.78 is 22.6. The highest BCUT2D eigenvalue weighted by molar-refractivity contribution is 7.91. The average molecular weight is 265 g/mol. The van der Waals surface area contributed by atoms with Gasteiger partial charge >= 0.3 is 0 Å². The lowest BCUT2D eigenvalue weighted by molar-refractivity contribution is 0.0892. The van der Waals surface area contributed by atoms with Gasteiger partial charge in [-0.1, -0.05) is 26.7 Å². The summed E-state index contributed by atoms with van der Waals surface area (Å²) in [5.41, 5.74) is 0. The van der Waals surface area contributed by atoms with E-state index in [-0.39, 0.29) is 17.4 Å². The molecule has 5 nitrogen and oxygen atoms in total. The Kier molecular flexibility index (Phi) is 5.37. The first-order valence-corrected chi connectivity index (χ1v) is 8.01. The number of nitrogens with one attached hydrogen (secondary N) is 1. The summed E-state index contributed by atoms with van der Waals surface area (Å²) in [4.78, 5) is 0. The Morgan fingerprint density at radius 3 is 2.29 bits per heavy atom. The van der Waals surface area contributed by atoms with Crippen LogP contribution in [0.15, 0.2) is 0 Å². The second-order valence-corrected chi connectivity index (χ2v) is 6.96. The van der Waals surface area contributed by atoms with E-state index in [0.717, 1.165) is 12.8 Å². The summed E-state index contributed by atoms with van der Waals surface area (Å²) in [6.07, 6.45) is 0.449. The molecule has 1 aliphatic heterocycles. The third-order valence-electron chi connectivity index (χ3n) is 3.50. The quantitative estimate of drug-likeness (QED) is 0.604. The third kappa shape index (κ3) is 4.21. The Bertz CT molecular complexity index is 326. The largest absolute Gasteiger partial charge is 0.392 e. The van der Waals surface area contributed by atoms with E-state index < -0.39 is 28.1 Å². The third-order valence-corrected chi connectivity index (χ3v) is 5.22. The standard InChI is InChI=1S/C11H23NO4S/c1-3-8(4-2)10(13)5-12-9-6-17(15,16)7-11(9)14/h8-14H,3-7H2,1-2H3. The normalized spacial score (nSPS) is 29.7. The zero-order valence-corrected chi connectivity index (χ0v) is 11.3. The molecule has 1 aliphatic rings. The van der Waals surface area contributed by atoms with Crippen molar-refractivity contribution in [2.75, 3.05) is 18.1 Å². The van der Waals surface area contributed by atoms with E-state index in [2.05, 4.69) is 5.32 Å². The number of sulfone groups is 1. The summed E-state index contributed by atoms with van der Waals surface area (Å²) in [5, 5.41) is 22.4. The second-order valence-electron chi connectivity index (χ2n) is 4.80. The fraction of sp³-hybridized carbons (Fsp3) is 1.00. The van der Waals surface area contributed by atoms with Gasteiger partial charge in [-0.2, -0.15) is 0 Å².